The number of hydrogen-bond acceptors (Lipinski definition) is 4. The van der Waals surface area contributed by atoms with Gasteiger partial charge in [-0.1, -0.05) is 52.4 Å². The molecule has 0 aliphatic rings. The molecule has 0 amide bonds. The van der Waals surface area contributed by atoms with Crippen molar-refractivity contribution >= 4 is 10.0 Å². The van der Waals surface area contributed by atoms with Crippen molar-refractivity contribution in [1.29, 1.82) is 0 Å². The second-order valence-electron chi connectivity index (χ2n) is 6.18. The van der Waals surface area contributed by atoms with Gasteiger partial charge in [-0.15, -0.1) is 0 Å². The SMILES string of the molecule is CCCCCCN(CCCCCC)S(=O)(=O)c1ccc(O)c(O)c1. The van der Waals surface area contributed by atoms with Gasteiger partial charge in [-0.2, -0.15) is 4.31 Å². The largest absolute Gasteiger partial charge is 0.504 e. The van der Waals surface area contributed by atoms with E-state index in [0.717, 1.165) is 57.4 Å². The molecule has 0 spiro atoms. The zero-order valence-electron chi connectivity index (χ0n) is 14.9. The maximum atomic E-state index is 12.9. The summed E-state index contributed by atoms with van der Waals surface area (Å²) in [5.74, 6) is -0.723. The lowest BCUT2D eigenvalue weighted by Crippen LogP contribution is -2.33. The number of sulfonamides is 1. The van der Waals surface area contributed by atoms with Crippen LogP contribution in [-0.2, 0) is 10.0 Å². The van der Waals surface area contributed by atoms with Gasteiger partial charge in [0.25, 0.3) is 0 Å². The molecule has 6 heteroatoms. The lowest BCUT2D eigenvalue weighted by molar-refractivity contribution is 0.383. The smallest absolute Gasteiger partial charge is 0.243 e. The Kier molecular flexibility index (Phi) is 9.14. The van der Waals surface area contributed by atoms with E-state index in [1.54, 1.807) is 0 Å². The topological polar surface area (TPSA) is 77.8 Å². The summed E-state index contributed by atoms with van der Waals surface area (Å²) in [5, 5.41) is 19.0. The maximum absolute atomic E-state index is 12.9. The van der Waals surface area contributed by atoms with E-state index in [2.05, 4.69) is 13.8 Å². The zero-order chi connectivity index (χ0) is 18.0. The van der Waals surface area contributed by atoms with E-state index >= 15 is 0 Å². The van der Waals surface area contributed by atoms with Crippen molar-refractivity contribution in [2.24, 2.45) is 0 Å². The molecular formula is C18H31NO4S. The van der Waals surface area contributed by atoms with Crippen LogP contribution in [-0.4, -0.2) is 36.0 Å². The zero-order valence-corrected chi connectivity index (χ0v) is 15.7. The third kappa shape index (κ3) is 6.32. The number of phenolic OH excluding ortho intramolecular Hbond substituents is 2. The first kappa shape index (κ1) is 20.8. The Morgan fingerprint density at radius 1 is 0.833 bits per heavy atom. The third-order valence-electron chi connectivity index (χ3n) is 4.11. The molecule has 0 atom stereocenters. The molecule has 0 aromatic heterocycles. The summed E-state index contributed by atoms with van der Waals surface area (Å²) in [7, 11) is -3.65. The van der Waals surface area contributed by atoms with Gasteiger partial charge in [0.2, 0.25) is 10.0 Å². The second-order valence-corrected chi connectivity index (χ2v) is 8.11. The predicted octanol–water partition coefficient (Wildman–Crippen LogP) is 4.25. The first-order valence-corrected chi connectivity index (χ1v) is 10.4. The molecule has 1 rings (SSSR count). The lowest BCUT2D eigenvalue weighted by atomic mass is 10.2. The van der Waals surface area contributed by atoms with Gasteiger partial charge in [0.1, 0.15) is 0 Å². The molecule has 1 aromatic carbocycles. The minimum atomic E-state index is -3.65. The van der Waals surface area contributed by atoms with Crippen molar-refractivity contribution in [2.45, 2.75) is 70.1 Å². The number of unbranched alkanes of at least 4 members (excludes halogenated alkanes) is 6. The molecule has 0 bridgehead atoms. The molecule has 0 radical (unpaired) electrons. The van der Waals surface area contributed by atoms with E-state index < -0.39 is 15.8 Å². The van der Waals surface area contributed by atoms with Crippen LogP contribution in [0.3, 0.4) is 0 Å². The number of rotatable bonds is 12. The fourth-order valence-corrected chi connectivity index (χ4v) is 4.13. The summed E-state index contributed by atoms with van der Waals surface area (Å²) in [6.45, 7) is 5.24. The van der Waals surface area contributed by atoms with Gasteiger partial charge in [0.15, 0.2) is 11.5 Å². The fraction of sp³-hybridized carbons (Fsp3) is 0.667. The Balaban J connectivity index is 2.85. The van der Waals surface area contributed by atoms with Crippen molar-refractivity contribution < 1.29 is 18.6 Å². The van der Waals surface area contributed by atoms with Crippen LogP contribution in [0.1, 0.15) is 65.2 Å². The van der Waals surface area contributed by atoms with Crippen LogP contribution in [0.25, 0.3) is 0 Å². The molecule has 2 N–H and O–H groups in total. The fourth-order valence-electron chi connectivity index (χ4n) is 2.59. The Hall–Kier alpha value is -1.27. The van der Waals surface area contributed by atoms with E-state index in [1.165, 1.54) is 16.4 Å². The van der Waals surface area contributed by atoms with Gasteiger partial charge in [0.05, 0.1) is 4.90 Å². The monoisotopic (exact) mass is 357 g/mol. The Labute approximate surface area is 146 Å². The average molecular weight is 358 g/mol. The normalized spacial score (nSPS) is 12.0. The summed E-state index contributed by atoms with van der Waals surface area (Å²) in [6.07, 6.45) is 8.12. The summed E-state index contributed by atoms with van der Waals surface area (Å²) in [4.78, 5) is 0.0313. The van der Waals surface area contributed by atoms with Crippen LogP contribution in [0.5, 0.6) is 11.5 Å². The van der Waals surface area contributed by atoms with Crippen molar-refractivity contribution in [3.05, 3.63) is 18.2 Å². The molecule has 0 saturated carbocycles. The molecule has 0 unspecified atom stereocenters. The van der Waals surface area contributed by atoms with Crippen LogP contribution in [0.2, 0.25) is 0 Å². The first-order chi connectivity index (χ1) is 11.4. The average Bonchev–Trinajstić information content (AvgIpc) is 2.55. The van der Waals surface area contributed by atoms with Gasteiger partial charge in [0, 0.05) is 19.2 Å². The van der Waals surface area contributed by atoms with Crippen molar-refractivity contribution in [3.63, 3.8) is 0 Å². The van der Waals surface area contributed by atoms with Gasteiger partial charge in [-0.25, -0.2) is 8.42 Å². The number of phenols is 2. The predicted molar refractivity (Wildman–Crippen MR) is 96.8 cm³/mol. The molecular weight excluding hydrogens is 326 g/mol. The highest BCUT2D eigenvalue weighted by atomic mass is 32.2. The van der Waals surface area contributed by atoms with Gasteiger partial charge in [-0.05, 0) is 25.0 Å². The van der Waals surface area contributed by atoms with E-state index in [9.17, 15) is 18.6 Å². The molecule has 138 valence electrons. The summed E-state index contributed by atoms with van der Waals surface area (Å²) < 4.78 is 27.2. The molecule has 24 heavy (non-hydrogen) atoms. The van der Waals surface area contributed by atoms with Crippen LogP contribution in [0, 0.1) is 0 Å². The Morgan fingerprint density at radius 2 is 1.38 bits per heavy atom. The molecule has 1 aromatic rings. The number of aromatic hydroxyl groups is 2. The van der Waals surface area contributed by atoms with Gasteiger partial charge < -0.3 is 10.2 Å². The van der Waals surface area contributed by atoms with Gasteiger partial charge in [-0.3, -0.25) is 0 Å². The quantitative estimate of drug-likeness (QED) is 0.433. The molecule has 5 nitrogen and oxygen atoms in total. The van der Waals surface area contributed by atoms with Gasteiger partial charge >= 0.3 is 0 Å². The first-order valence-electron chi connectivity index (χ1n) is 8.95. The standard InChI is InChI=1S/C18H31NO4S/c1-3-5-7-9-13-19(14-10-8-6-4-2)24(22,23)16-11-12-17(20)18(21)15-16/h11-12,15,20-21H,3-10,13-14H2,1-2H3. The molecule has 0 aliphatic heterocycles. The van der Waals surface area contributed by atoms with E-state index in [-0.39, 0.29) is 10.6 Å². The molecule has 0 saturated heterocycles. The molecule has 0 aliphatic carbocycles. The van der Waals surface area contributed by atoms with Crippen LogP contribution in [0.15, 0.2) is 23.1 Å². The number of nitrogens with zero attached hydrogens (tertiary/aromatic N) is 1. The highest BCUT2D eigenvalue weighted by Gasteiger charge is 2.24. The van der Waals surface area contributed by atoms with E-state index in [0.29, 0.717) is 13.1 Å². The van der Waals surface area contributed by atoms with Crippen LogP contribution in [0.4, 0.5) is 0 Å². The van der Waals surface area contributed by atoms with Crippen molar-refractivity contribution in [2.75, 3.05) is 13.1 Å². The molecule has 0 heterocycles. The van der Waals surface area contributed by atoms with Crippen LogP contribution < -0.4 is 0 Å². The Bertz CT molecular complexity index is 575. The summed E-state index contributed by atoms with van der Waals surface area (Å²) in [5.41, 5.74) is 0. The second kappa shape index (κ2) is 10.6. The molecule has 0 fully saturated rings. The number of hydrogen-bond donors (Lipinski definition) is 2. The number of benzene rings is 1. The summed E-state index contributed by atoms with van der Waals surface area (Å²) >= 11 is 0. The van der Waals surface area contributed by atoms with E-state index in [1.807, 2.05) is 0 Å². The van der Waals surface area contributed by atoms with Crippen molar-refractivity contribution in [3.8, 4) is 11.5 Å². The van der Waals surface area contributed by atoms with Crippen molar-refractivity contribution in [1.82, 2.24) is 4.31 Å². The lowest BCUT2D eigenvalue weighted by Gasteiger charge is -2.22. The maximum Gasteiger partial charge on any atom is 0.243 e. The highest BCUT2D eigenvalue weighted by Crippen LogP contribution is 2.29. The minimum absolute atomic E-state index is 0.0313. The minimum Gasteiger partial charge on any atom is -0.504 e. The third-order valence-corrected chi connectivity index (χ3v) is 6.00. The van der Waals surface area contributed by atoms with Crippen LogP contribution >= 0.6 is 0 Å². The highest BCUT2D eigenvalue weighted by molar-refractivity contribution is 7.89. The van der Waals surface area contributed by atoms with E-state index in [4.69, 9.17) is 0 Å². The summed E-state index contributed by atoms with van der Waals surface area (Å²) in [6, 6.07) is 3.68. The Morgan fingerprint density at radius 3 is 1.83 bits per heavy atom.